The van der Waals surface area contributed by atoms with E-state index in [4.69, 9.17) is 18.9 Å². The van der Waals surface area contributed by atoms with Crippen LogP contribution in [0.3, 0.4) is 0 Å². The lowest BCUT2D eigenvalue weighted by Gasteiger charge is -2.25. The van der Waals surface area contributed by atoms with Gasteiger partial charge in [0.05, 0.1) is 42.7 Å². The molecule has 11 heteroatoms. The molecule has 0 unspecified atom stereocenters. The van der Waals surface area contributed by atoms with Crippen LogP contribution in [0.5, 0.6) is 17.2 Å². The highest BCUT2D eigenvalue weighted by molar-refractivity contribution is 7.07. The van der Waals surface area contributed by atoms with Gasteiger partial charge in [-0.3, -0.25) is 14.2 Å². The van der Waals surface area contributed by atoms with E-state index in [1.54, 1.807) is 62.3 Å². The smallest absolute Gasteiger partial charge is 0.338 e. The number of nitrogens with zero attached hydrogens (tertiary/aromatic N) is 3. The van der Waals surface area contributed by atoms with E-state index < -0.39 is 12.0 Å². The first-order chi connectivity index (χ1) is 20.3. The van der Waals surface area contributed by atoms with Gasteiger partial charge in [0.1, 0.15) is 5.75 Å². The van der Waals surface area contributed by atoms with Gasteiger partial charge in [-0.1, -0.05) is 29.5 Å². The molecule has 5 rings (SSSR count). The van der Waals surface area contributed by atoms with Gasteiger partial charge in [-0.15, -0.1) is 0 Å². The van der Waals surface area contributed by atoms with Crippen molar-refractivity contribution in [2.45, 2.75) is 32.7 Å². The summed E-state index contributed by atoms with van der Waals surface area (Å²) >= 11 is 1.23. The second kappa shape index (κ2) is 12.6. The topological polar surface area (TPSA) is 109 Å². The normalized spacial score (nSPS) is 16.6. The van der Waals surface area contributed by atoms with Crippen molar-refractivity contribution in [1.82, 2.24) is 9.47 Å². The summed E-state index contributed by atoms with van der Waals surface area (Å²) in [5, 5.41) is 0. The predicted octanol–water partition coefficient (Wildman–Crippen LogP) is 2.82. The van der Waals surface area contributed by atoms with Crippen LogP contribution < -0.4 is 29.1 Å². The first kappa shape index (κ1) is 29.1. The predicted molar refractivity (Wildman–Crippen MR) is 158 cm³/mol. The van der Waals surface area contributed by atoms with Gasteiger partial charge in [-0.25, -0.2) is 9.79 Å². The largest absolute Gasteiger partial charge is 0.497 e. The summed E-state index contributed by atoms with van der Waals surface area (Å²) in [5.74, 6) is 0.910. The number of allylic oxidation sites excluding steroid dienone is 1. The van der Waals surface area contributed by atoms with Crippen molar-refractivity contribution in [3.8, 4) is 17.2 Å². The van der Waals surface area contributed by atoms with Crippen LogP contribution in [0.15, 0.2) is 63.5 Å². The van der Waals surface area contributed by atoms with E-state index in [2.05, 4.69) is 4.99 Å². The number of hydrogen-bond acceptors (Lipinski definition) is 9. The summed E-state index contributed by atoms with van der Waals surface area (Å²) in [6.07, 6.45) is 3.77. The minimum Gasteiger partial charge on any atom is -0.497 e. The molecule has 10 nitrogen and oxygen atoms in total. The van der Waals surface area contributed by atoms with E-state index in [9.17, 15) is 14.4 Å². The Kier molecular flexibility index (Phi) is 8.77. The Morgan fingerprint density at radius 3 is 2.57 bits per heavy atom. The second-order valence-electron chi connectivity index (χ2n) is 9.87. The SMILES string of the molecule is CCOC(=O)C1=C(C)N=c2s/c(=C/c3ccc(OCC(=O)N4CCCC4)c(OC)c3)c(=O)n2[C@H]1c1cccc(OC)c1. The fraction of sp³-hybridized carbons (Fsp3) is 0.355. The maximum Gasteiger partial charge on any atom is 0.338 e. The number of fused-ring (bicyclic) bond motifs is 1. The summed E-state index contributed by atoms with van der Waals surface area (Å²) in [6, 6.07) is 11.8. The number of carbonyl (C=O) groups is 2. The first-order valence-corrected chi connectivity index (χ1v) is 14.6. The molecular weight excluding hydrogens is 558 g/mol. The van der Waals surface area contributed by atoms with E-state index in [1.807, 2.05) is 12.1 Å². The maximum atomic E-state index is 13.9. The molecule has 2 aliphatic rings. The molecule has 220 valence electrons. The summed E-state index contributed by atoms with van der Waals surface area (Å²) < 4.78 is 24.0. The molecule has 3 aromatic rings. The summed E-state index contributed by atoms with van der Waals surface area (Å²) in [5.41, 5.74) is 1.90. The van der Waals surface area contributed by atoms with Crippen LogP contribution in [0, 0.1) is 0 Å². The third-order valence-corrected chi connectivity index (χ3v) is 8.20. The zero-order chi connectivity index (χ0) is 29.8. The summed E-state index contributed by atoms with van der Waals surface area (Å²) in [6.45, 7) is 5.12. The second-order valence-corrected chi connectivity index (χ2v) is 10.9. The number of rotatable bonds is 9. The van der Waals surface area contributed by atoms with Crippen molar-refractivity contribution < 1.29 is 28.5 Å². The zero-order valence-corrected chi connectivity index (χ0v) is 24.9. The minimum absolute atomic E-state index is 0.0530. The van der Waals surface area contributed by atoms with E-state index in [1.165, 1.54) is 23.0 Å². The number of likely N-dealkylation sites (tertiary alicyclic amines) is 1. The molecule has 0 bridgehead atoms. The van der Waals surface area contributed by atoms with Crippen LogP contribution >= 0.6 is 11.3 Å². The fourth-order valence-electron chi connectivity index (χ4n) is 5.16. The molecule has 0 spiro atoms. The molecule has 1 aromatic heterocycles. The zero-order valence-electron chi connectivity index (χ0n) is 24.0. The fourth-order valence-corrected chi connectivity index (χ4v) is 6.21. The molecule has 0 N–H and O–H groups in total. The molecule has 2 aliphatic heterocycles. The van der Waals surface area contributed by atoms with Gasteiger partial charge in [0.15, 0.2) is 22.9 Å². The van der Waals surface area contributed by atoms with Crippen LogP contribution in [0.25, 0.3) is 6.08 Å². The van der Waals surface area contributed by atoms with E-state index >= 15 is 0 Å². The van der Waals surface area contributed by atoms with Crippen LogP contribution in [0.2, 0.25) is 0 Å². The highest BCUT2D eigenvalue weighted by Gasteiger charge is 2.33. The van der Waals surface area contributed by atoms with Crippen LogP contribution in [0.4, 0.5) is 0 Å². The monoisotopic (exact) mass is 591 g/mol. The Bertz CT molecular complexity index is 1720. The highest BCUT2D eigenvalue weighted by atomic mass is 32.1. The Labute approximate surface area is 247 Å². The van der Waals surface area contributed by atoms with Gasteiger partial charge >= 0.3 is 5.97 Å². The standard InChI is InChI=1S/C31H33N3O7S/c1-5-40-30(37)27-19(2)32-31-34(28(27)21-9-8-10-22(17-21)38-3)29(36)25(42-31)16-20-11-12-23(24(15-20)39-4)41-18-26(35)33-13-6-7-14-33/h8-12,15-17,28H,5-7,13-14,18H2,1-4H3/b25-16+/t28-/m0/s1. The Hall–Kier alpha value is -4.38. The number of aromatic nitrogens is 1. The molecule has 2 aromatic carbocycles. The van der Waals surface area contributed by atoms with Gasteiger partial charge < -0.3 is 23.8 Å². The third-order valence-electron chi connectivity index (χ3n) is 7.22. The molecule has 3 heterocycles. The lowest BCUT2D eigenvalue weighted by molar-refractivity contribution is -0.139. The number of carbonyl (C=O) groups excluding carboxylic acids is 2. The number of methoxy groups -OCH3 is 2. The van der Waals surface area contributed by atoms with Gasteiger partial charge in [0.2, 0.25) is 0 Å². The third kappa shape index (κ3) is 5.82. The van der Waals surface area contributed by atoms with E-state index in [0.717, 1.165) is 25.9 Å². The quantitative estimate of drug-likeness (QED) is 0.352. The molecule has 42 heavy (non-hydrogen) atoms. The lowest BCUT2D eigenvalue weighted by Crippen LogP contribution is -2.39. The number of thiazole rings is 1. The van der Waals surface area contributed by atoms with Crippen LogP contribution in [0.1, 0.15) is 43.9 Å². The van der Waals surface area contributed by atoms with Crippen molar-refractivity contribution >= 4 is 29.3 Å². The number of benzene rings is 2. The van der Waals surface area contributed by atoms with Gasteiger partial charge in [-0.05, 0) is 68.2 Å². The molecule has 0 aliphatic carbocycles. The van der Waals surface area contributed by atoms with E-state index in [-0.39, 0.29) is 24.7 Å². The number of amides is 1. The average molecular weight is 592 g/mol. The van der Waals surface area contributed by atoms with Crippen molar-refractivity contribution in [3.05, 3.63) is 84.5 Å². The minimum atomic E-state index is -0.740. The van der Waals surface area contributed by atoms with Crippen molar-refractivity contribution in [3.63, 3.8) is 0 Å². The van der Waals surface area contributed by atoms with Gasteiger partial charge in [0, 0.05) is 13.1 Å². The van der Waals surface area contributed by atoms with E-state index in [0.29, 0.717) is 49.0 Å². The molecule has 0 saturated carbocycles. The Morgan fingerprint density at radius 2 is 1.86 bits per heavy atom. The number of ether oxygens (including phenoxy) is 4. The average Bonchev–Trinajstić information content (AvgIpc) is 3.64. The number of hydrogen-bond donors (Lipinski definition) is 0. The molecule has 1 saturated heterocycles. The van der Waals surface area contributed by atoms with Crippen molar-refractivity contribution in [1.29, 1.82) is 0 Å². The van der Waals surface area contributed by atoms with Crippen LogP contribution in [-0.2, 0) is 14.3 Å². The number of esters is 1. The molecule has 1 amide bonds. The van der Waals surface area contributed by atoms with Gasteiger partial charge in [0.25, 0.3) is 11.5 Å². The van der Waals surface area contributed by atoms with Crippen molar-refractivity contribution in [2.75, 3.05) is 40.5 Å². The molecule has 0 radical (unpaired) electrons. The molecule has 1 fully saturated rings. The van der Waals surface area contributed by atoms with Crippen molar-refractivity contribution in [2.24, 2.45) is 4.99 Å². The Balaban J connectivity index is 1.52. The Morgan fingerprint density at radius 1 is 1.07 bits per heavy atom. The lowest BCUT2D eigenvalue weighted by atomic mass is 9.95. The molecule has 1 atom stereocenters. The maximum absolute atomic E-state index is 13.9. The van der Waals surface area contributed by atoms with Gasteiger partial charge in [-0.2, -0.15) is 0 Å². The molecular formula is C31H33N3O7S. The first-order valence-electron chi connectivity index (χ1n) is 13.8. The van der Waals surface area contributed by atoms with Crippen LogP contribution in [-0.4, -0.2) is 61.9 Å². The highest BCUT2D eigenvalue weighted by Crippen LogP contribution is 2.32. The summed E-state index contributed by atoms with van der Waals surface area (Å²) in [7, 11) is 3.09. The summed E-state index contributed by atoms with van der Waals surface area (Å²) in [4.78, 5) is 46.3.